The first-order valence-corrected chi connectivity index (χ1v) is 7.09. The number of hydrogen-bond acceptors (Lipinski definition) is 3. The van der Waals surface area contributed by atoms with Crippen molar-refractivity contribution in [2.24, 2.45) is 5.41 Å². The van der Waals surface area contributed by atoms with E-state index in [0.717, 1.165) is 17.6 Å². The van der Waals surface area contributed by atoms with Crippen LogP contribution in [0.1, 0.15) is 25.1 Å². The number of halogens is 1. The van der Waals surface area contributed by atoms with Crippen molar-refractivity contribution >= 4 is 33.2 Å². The zero-order chi connectivity index (χ0) is 13.1. The first-order valence-electron chi connectivity index (χ1n) is 5.42. The fourth-order valence-corrected chi connectivity index (χ4v) is 3.48. The monoisotopic (exact) mass is 319 g/mol. The van der Waals surface area contributed by atoms with Gasteiger partial charge in [0.15, 0.2) is 0 Å². The number of rotatable bonds is 6. The predicted molar refractivity (Wildman–Crippen MR) is 74.4 cm³/mol. The molecule has 0 amide bonds. The minimum atomic E-state index is -0.734. The van der Waals surface area contributed by atoms with Gasteiger partial charge in [-0.15, -0.1) is 11.3 Å². The Morgan fingerprint density at radius 2 is 2.24 bits per heavy atom. The average Bonchev–Trinajstić information content (AvgIpc) is 2.46. The Morgan fingerprint density at radius 3 is 2.71 bits per heavy atom. The van der Waals surface area contributed by atoms with Crippen LogP contribution in [0.2, 0.25) is 0 Å². The van der Waals surface area contributed by atoms with Crippen LogP contribution in [-0.4, -0.2) is 29.6 Å². The lowest BCUT2D eigenvalue weighted by molar-refractivity contribution is -0.139. The molecule has 0 unspecified atom stereocenters. The molecule has 0 aliphatic carbocycles. The Morgan fingerprint density at radius 1 is 1.59 bits per heavy atom. The Balaban J connectivity index is 2.48. The van der Waals surface area contributed by atoms with Crippen LogP contribution in [0.15, 0.2) is 15.9 Å². The summed E-state index contributed by atoms with van der Waals surface area (Å²) in [6.07, 6.45) is 0.200. The highest BCUT2D eigenvalue weighted by Crippen LogP contribution is 2.24. The van der Waals surface area contributed by atoms with Crippen LogP contribution < -0.4 is 0 Å². The van der Waals surface area contributed by atoms with Crippen molar-refractivity contribution in [3.8, 4) is 0 Å². The van der Waals surface area contributed by atoms with Gasteiger partial charge in [0, 0.05) is 27.8 Å². The lowest BCUT2D eigenvalue weighted by Crippen LogP contribution is -2.32. The van der Waals surface area contributed by atoms with E-state index in [1.807, 2.05) is 20.9 Å². The molecule has 1 N–H and O–H groups in total. The van der Waals surface area contributed by atoms with Gasteiger partial charge in [0.2, 0.25) is 0 Å². The summed E-state index contributed by atoms with van der Waals surface area (Å²) < 4.78 is 1.11. The van der Waals surface area contributed by atoms with Gasteiger partial charge >= 0.3 is 5.97 Å². The zero-order valence-corrected chi connectivity index (χ0v) is 12.8. The maximum Gasteiger partial charge on any atom is 0.303 e. The van der Waals surface area contributed by atoms with E-state index in [1.54, 1.807) is 11.3 Å². The highest BCUT2D eigenvalue weighted by Gasteiger charge is 2.23. The smallest absolute Gasteiger partial charge is 0.303 e. The largest absolute Gasteiger partial charge is 0.481 e. The summed E-state index contributed by atoms with van der Waals surface area (Å²) >= 11 is 5.14. The number of nitrogens with zero attached hydrogens (tertiary/aromatic N) is 1. The minimum Gasteiger partial charge on any atom is -0.481 e. The first-order chi connectivity index (χ1) is 7.78. The number of hydrogen-bond donors (Lipinski definition) is 1. The topological polar surface area (TPSA) is 40.5 Å². The zero-order valence-electron chi connectivity index (χ0n) is 10.4. The third-order valence-electron chi connectivity index (χ3n) is 2.38. The summed E-state index contributed by atoms with van der Waals surface area (Å²) in [7, 11) is 2.03. The molecule has 0 bridgehead atoms. The molecule has 1 heterocycles. The summed E-state index contributed by atoms with van der Waals surface area (Å²) in [4.78, 5) is 14.2. The summed E-state index contributed by atoms with van der Waals surface area (Å²) in [5.74, 6) is -0.734. The first kappa shape index (κ1) is 14.7. The normalized spacial score (nSPS) is 12.1. The maximum atomic E-state index is 10.7. The molecule has 0 aromatic carbocycles. The predicted octanol–water partition coefficient (Wildman–Crippen LogP) is 3.44. The second kappa shape index (κ2) is 5.98. The van der Waals surface area contributed by atoms with Crippen LogP contribution in [0.4, 0.5) is 0 Å². The van der Waals surface area contributed by atoms with E-state index in [9.17, 15) is 4.79 Å². The van der Waals surface area contributed by atoms with Crippen molar-refractivity contribution in [3.05, 3.63) is 20.8 Å². The van der Waals surface area contributed by atoms with Crippen molar-refractivity contribution in [3.63, 3.8) is 0 Å². The second-order valence-corrected chi connectivity index (χ2v) is 7.05. The average molecular weight is 320 g/mol. The molecular formula is C12H18BrNO2S. The van der Waals surface area contributed by atoms with Crippen LogP contribution in [0.3, 0.4) is 0 Å². The molecule has 0 saturated carbocycles. The van der Waals surface area contributed by atoms with Crippen molar-refractivity contribution in [1.29, 1.82) is 0 Å². The lowest BCUT2D eigenvalue weighted by atomic mass is 9.89. The van der Waals surface area contributed by atoms with Crippen molar-refractivity contribution in [1.82, 2.24) is 4.90 Å². The van der Waals surface area contributed by atoms with Gasteiger partial charge in [-0.3, -0.25) is 4.79 Å². The molecule has 0 aliphatic heterocycles. The maximum absolute atomic E-state index is 10.7. The molecule has 0 fully saturated rings. The van der Waals surface area contributed by atoms with Gasteiger partial charge in [0.25, 0.3) is 0 Å². The van der Waals surface area contributed by atoms with Crippen LogP contribution in [-0.2, 0) is 11.3 Å². The van der Waals surface area contributed by atoms with Gasteiger partial charge < -0.3 is 10.0 Å². The lowest BCUT2D eigenvalue weighted by Gasteiger charge is -2.28. The Kier molecular flexibility index (Phi) is 5.16. The van der Waals surface area contributed by atoms with Crippen LogP contribution in [0.25, 0.3) is 0 Å². The molecule has 0 saturated heterocycles. The van der Waals surface area contributed by atoms with E-state index < -0.39 is 5.97 Å². The van der Waals surface area contributed by atoms with Crippen molar-refractivity contribution in [2.75, 3.05) is 13.6 Å². The fourth-order valence-electron chi connectivity index (χ4n) is 1.95. The van der Waals surface area contributed by atoms with Gasteiger partial charge in [-0.25, -0.2) is 0 Å². The Hall–Kier alpha value is -0.390. The SMILES string of the molecule is CN(Cc1cc(Br)cs1)CC(C)(C)CC(=O)O. The van der Waals surface area contributed by atoms with E-state index in [2.05, 4.69) is 32.3 Å². The molecule has 1 aromatic heterocycles. The van der Waals surface area contributed by atoms with Crippen molar-refractivity contribution in [2.45, 2.75) is 26.8 Å². The van der Waals surface area contributed by atoms with Gasteiger partial charge in [-0.05, 0) is 34.5 Å². The van der Waals surface area contributed by atoms with E-state index in [0.29, 0.717) is 0 Å². The highest BCUT2D eigenvalue weighted by molar-refractivity contribution is 9.10. The molecule has 0 aliphatic rings. The molecule has 3 nitrogen and oxygen atoms in total. The number of carboxylic acids is 1. The molecule has 96 valence electrons. The summed E-state index contributed by atoms with van der Waals surface area (Å²) in [6.45, 7) is 5.61. The third-order valence-corrected chi connectivity index (χ3v) is 4.06. The summed E-state index contributed by atoms with van der Waals surface area (Å²) in [5, 5.41) is 10.9. The molecule has 1 rings (SSSR count). The van der Waals surface area contributed by atoms with Gasteiger partial charge in [0.05, 0.1) is 6.42 Å². The summed E-state index contributed by atoms with van der Waals surface area (Å²) in [5.41, 5.74) is -0.199. The molecule has 1 aromatic rings. The van der Waals surface area contributed by atoms with E-state index in [4.69, 9.17) is 5.11 Å². The number of carboxylic acid groups (broad SMARTS) is 1. The standard InChI is InChI=1S/C12H18BrNO2S/c1-12(2,5-11(15)16)8-14(3)6-10-4-9(13)7-17-10/h4,7H,5-6,8H2,1-3H3,(H,15,16). The van der Waals surface area contributed by atoms with Crippen molar-refractivity contribution < 1.29 is 9.90 Å². The molecular weight excluding hydrogens is 302 g/mol. The molecule has 0 atom stereocenters. The molecule has 0 radical (unpaired) electrons. The number of carbonyl (C=O) groups is 1. The molecule has 0 spiro atoms. The molecule has 17 heavy (non-hydrogen) atoms. The Bertz CT molecular complexity index is 390. The number of thiophene rings is 1. The van der Waals surface area contributed by atoms with E-state index in [-0.39, 0.29) is 11.8 Å². The fraction of sp³-hybridized carbons (Fsp3) is 0.583. The van der Waals surface area contributed by atoms with E-state index >= 15 is 0 Å². The number of aliphatic carboxylic acids is 1. The van der Waals surface area contributed by atoms with E-state index in [1.165, 1.54) is 4.88 Å². The van der Waals surface area contributed by atoms with Crippen LogP contribution in [0, 0.1) is 5.41 Å². The Labute approximate surface area is 115 Å². The second-order valence-electron chi connectivity index (χ2n) is 5.14. The molecule has 5 heteroatoms. The van der Waals surface area contributed by atoms with Crippen LogP contribution >= 0.6 is 27.3 Å². The van der Waals surface area contributed by atoms with Gasteiger partial charge in [-0.2, -0.15) is 0 Å². The third kappa shape index (κ3) is 5.66. The van der Waals surface area contributed by atoms with Gasteiger partial charge in [0.1, 0.15) is 0 Å². The highest BCUT2D eigenvalue weighted by atomic mass is 79.9. The summed E-state index contributed by atoms with van der Waals surface area (Å²) in [6, 6.07) is 2.10. The minimum absolute atomic E-state index is 0.199. The quantitative estimate of drug-likeness (QED) is 0.873. The van der Waals surface area contributed by atoms with Crippen LogP contribution in [0.5, 0.6) is 0 Å². The van der Waals surface area contributed by atoms with Gasteiger partial charge in [-0.1, -0.05) is 13.8 Å².